The number of aromatic nitrogens is 2. The van der Waals surface area contributed by atoms with Gasteiger partial charge in [-0.15, -0.1) is 0 Å². The second-order valence-electron chi connectivity index (χ2n) is 7.70. The highest BCUT2D eigenvalue weighted by atomic mass is 16.3. The molecule has 2 aliphatic heterocycles. The summed E-state index contributed by atoms with van der Waals surface area (Å²) < 4.78 is 2.25. The van der Waals surface area contributed by atoms with Crippen LogP contribution in [0.15, 0.2) is 30.5 Å². The maximum Gasteiger partial charge on any atom is 0.136 e. The van der Waals surface area contributed by atoms with Crippen LogP contribution < -0.4 is 0 Å². The number of aryl methyl sites for hydroxylation is 1. The van der Waals surface area contributed by atoms with Crippen LogP contribution in [0.2, 0.25) is 0 Å². The van der Waals surface area contributed by atoms with Crippen LogP contribution in [0.3, 0.4) is 0 Å². The topological polar surface area (TPSA) is 44.5 Å². The van der Waals surface area contributed by atoms with Gasteiger partial charge < -0.3 is 9.67 Å². The van der Waals surface area contributed by atoms with E-state index >= 15 is 0 Å². The van der Waals surface area contributed by atoms with Crippen molar-refractivity contribution in [1.29, 1.82) is 0 Å². The van der Waals surface area contributed by atoms with Gasteiger partial charge in [0.2, 0.25) is 0 Å². The average molecular weight is 340 g/mol. The smallest absolute Gasteiger partial charge is 0.136 e. The molecule has 2 saturated heterocycles. The van der Waals surface area contributed by atoms with Crippen molar-refractivity contribution in [3.63, 3.8) is 0 Å². The standard InChI is InChI=1S/C20H28N4O/c1-14-8-17(16(3)24(14)20-6-4-5-7-21-20)11-22-12-18-9-19(25)13-23(18)10-15(22)2/h4-8,15,18-19,25H,9-13H2,1-3H3/t15-,18-,19+/m0/s1. The van der Waals surface area contributed by atoms with Gasteiger partial charge in [-0.3, -0.25) is 9.80 Å². The first kappa shape index (κ1) is 16.8. The minimum absolute atomic E-state index is 0.147. The molecule has 4 heterocycles. The normalized spacial score (nSPS) is 27.6. The molecule has 0 radical (unpaired) electrons. The molecule has 2 aliphatic rings. The number of fused-ring (bicyclic) bond motifs is 1. The van der Waals surface area contributed by atoms with E-state index < -0.39 is 0 Å². The van der Waals surface area contributed by atoms with Crippen molar-refractivity contribution < 1.29 is 5.11 Å². The van der Waals surface area contributed by atoms with E-state index in [4.69, 9.17) is 0 Å². The Morgan fingerprint density at radius 1 is 1.20 bits per heavy atom. The summed E-state index contributed by atoms with van der Waals surface area (Å²) in [6, 6.07) is 9.37. The molecule has 0 bridgehead atoms. The summed E-state index contributed by atoms with van der Waals surface area (Å²) in [5.41, 5.74) is 3.88. The van der Waals surface area contributed by atoms with E-state index in [1.54, 1.807) is 0 Å². The third-order valence-electron chi connectivity index (χ3n) is 5.86. The lowest BCUT2D eigenvalue weighted by Crippen LogP contribution is -2.54. The maximum atomic E-state index is 9.96. The lowest BCUT2D eigenvalue weighted by atomic mass is 10.1. The number of hydrogen-bond donors (Lipinski definition) is 1. The van der Waals surface area contributed by atoms with Crippen LogP contribution in [0, 0.1) is 13.8 Å². The molecule has 3 atom stereocenters. The second-order valence-corrected chi connectivity index (χ2v) is 7.70. The van der Waals surface area contributed by atoms with Gasteiger partial charge in [0, 0.05) is 55.8 Å². The van der Waals surface area contributed by atoms with Crippen molar-refractivity contribution in [2.24, 2.45) is 0 Å². The van der Waals surface area contributed by atoms with Crippen LogP contribution in [0.25, 0.3) is 5.82 Å². The molecular weight excluding hydrogens is 312 g/mol. The summed E-state index contributed by atoms with van der Waals surface area (Å²) in [6.45, 7) is 10.6. The minimum atomic E-state index is -0.147. The van der Waals surface area contributed by atoms with E-state index in [0.717, 1.165) is 38.4 Å². The Morgan fingerprint density at radius 3 is 2.80 bits per heavy atom. The molecule has 1 N–H and O–H groups in total. The minimum Gasteiger partial charge on any atom is -0.392 e. The Hall–Kier alpha value is -1.69. The molecule has 0 unspecified atom stereocenters. The van der Waals surface area contributed by atoms with E-state index in [1.165, 1.54) is 17.0 Å². The lowest BCUT2D eigenvalue weighted by Gasteiger charge is -2.42. The quantitative estimate of drug-likeness (QED) is 0.930. The highest BCUT2D eigenvalue weighted by Crippen LogP contribution is 2.28. The van der Waals surface area contributed by atoms with Gasteiger partial charge >= 0.3 is 0 Å². The second kappa shape index (κ2) is 6.56. The van der Waals surface area contributed by atoms with Gasteiger partial charge in [0.15, 0.2) is 0 Å². The van der Waals surface area contributed by atoms with Crippen molar-refractivity contribution in [2.75, 3.05) is 19.6 Å². The molecule has 0 aliphatic carbocycles. The lowest BCUT2D eigenvalue weighted by molar-refractivity contribution is 0.0527. The third-order valence-corrected chi connectivity index (χ3v) is 5.86. The summed E-state index contributed by atoms with van der Waals surface area (Å²) in [5.74, 6) is 0.987. The predicted molar refractivity (Wildman–Crippen MR) is 98.9 cm³/mol. The van der Waals surface area contributed by atoms with Crippen LogP contribution in [-0.4, -0.2) is 62.3 Å². The number of piperazine rings is 1. The fourth-order valence-corrected chi connectivity index (χ4v) is 4.54. The molecule has 4 rings (SSSR count). The molecule has 2 aromatic heterocycles. The van der Waals surface area contributed by atoms with Gasteiger partial charge in [-0.05, 0) is 51.0 Å². The number of rotatable bonds is 3. The van der Waals surface area contributed by atoms with Gasteiger partial charge in [-0.1, -0.05) is 6.07 Å². The molecule has 5 nitrogen and oxygen atoms in total. The summed E-state index contributed by atoms with van der Waals surface area (Å²) >= 11 is 0. The van der Waals surface area contributed by atoms with E-state index in [0.29, 0.717) is 12.1 Å². The van der Waals surface area contributed by atoms with E-state index in [1.807, 2.05) is 18.3 Å². The Morgan fingerprint density at radius 2 is 2.04 bits per heavy atom. The average Bonchev–Trinajstić information content (AvgIpc) is 3.07. The Labute approximate surface area is 149 Å². The number of aliphatic hydroxyl groups excluding tert-OH is 1. The Kier molecular flexibility index (Phi) is 4.40. The van der Waals surface area contributed by atoms with Crippen molar-refractivity contribution >= 4 is 0 Å². The summed E-state index contributed by atoms with van der Waals surface area (Å²) in [4.78, 5) is 9.55. The third kappa shape index (κ3) is 3.12. The van der Waals surface area contributed by atoms with Crippen molar-refractivity contribution in [3.8, 4) is 5.82 Å². The zero-order chi connectivity index (χ0) is 17.6. The van der Waals surface area contributed by atoms with Gasteiger partial charge in [-0.25, -0.2) is 4.98 Å². The van der Waals surface area contributed by atoms with E-state index in [2.05, 4.69) is 52.3 Å². The summed E-state index contributed by atoms with van der Waals surface area (Å²) in [6.07, 6.45) is 2.61. The van der Waals surface area contributed by atoms with Gasteiger partial charge in [0.05, 0.1) is 6.10 Å². The molecule has 5 heteroatoms. The SMILES string of the molecule is Cc1cc(CN2C[C@@H]3C[C@@H](O)CN3C[C@@H]2C)c(C)n1-c1ccccn1. The zero-order valence-corrected chi connectivity index (χ0v) is 15.4. The molecule has 134 valence electrons. The number of aliphatic hydroxyl groups is 1. The monoisotopic (exact) mass is 340 g/mol. The molecule has 0 amide bonds. The maximum absolute atomic E-state index is 9.96. The van der Waals surface area contributed by atoms with Crippen LogP contribution in [0.4, 0.5) is 0 Å². The predicted octanol–water partition coefficient (Wildman–Crippen LogP) is 2.13. The van der Waals surface area contributed by atoms with Crippen molar-refractivity contribution in [3.05, 3.63) is 47.4 Å². The molecule has 0 aromatic carbocycles. The number of hydrogen-bond acceptors (Lipinski definition) is 4. The molecule has 0 spiro atoms. The zero-order valence-electron chi connectivity index (χ0n) is 15.4. The fourth-order valence-electron chi connectivity index (χ4n) is 4.54. The Bertz CT molecular complexity index is 742. The van der Waals surface area contributed by atoms with Gasteiger partial charge in [-0.2, -0.15) is 0 Å². The Balaban J connectivity index is 1.55. The molecule has 25 heavy (non-hydrogen) atoms. The van der Waals surface area contributed by atoms with Crippen molar-refractivity contribution in [1.82, 2.24) is 19.4 Å². The number of pyridine rings is 1. The van der Waals surface area contributed by atoms with E-state index in [9.17, 15) is 5.11 Å². The first-order valence-electron chi connectivity index (χ1n) is 9.28. The van der Waals surface area contributed by atoms with Crippen LogP contribution in [-0.2, 0) is 6.54 Å². The fraction of sp³-hybridized carbons (Fsp3) is 0.550. The molecular formula is C20H28N4O. The highest BCUT2D eigenvalue weighted by Gasteiger charge is 2.38. The van der Waals surface area contributed by atoms with Crippen LogP contribution >= 0.6 is 0 Å². The summed E-state index contributed by atoms with van der Waals surface area (Å²) in [5, 5.41) is 9.96. The number of nitrogens with zero attached hydrogens (tertiary/aromatic N) is 4. The van der Waals surface area contributed by atoms with Gasteiger partial charge in [0.1, 0.15) is 5.82 Å². The first-order valence-corrected chi connectivity index (χ1v) is 9.28. The van der Waals surface area contributed by atoms with Crippen LogP contribution in [0.1, 0.15) is 30.3 Å². The summed E-state index contributed by atoms with van der Waals surface area (Å²) in [7, 11) is 0. The van der Waals surface area contributed by atoms with Crippen molar-refractivity contribution in [2.45, 2.75) is 51.9 Å². The largest absolute Gasteiger partial charge is 0.392 e. The van der Waals surface area contributed by atoms with E-state index in [-0.39, 0.29) is 6.10 Å². The van der Waals surface area contributed by atoms with Crippen LogP contribution in [0.5, 0.6) is 0 Å². The molecule has 2 aromatic rings. The highest BCUT2D eigenvalue weighted by molar-refractivity contribution is 5.36. The molecule has 2 fully saturated rings. The first-order chi connectivity index (χ1) is 12.0. The van der Waals surface area contributed by atoms with Gasteiger partial charge in [0.25, 0.3) is 0 Å². The molecule has 0 saturated carbocycles.